The van der Waals surface area contributed by atoms with Gasteiger partial charge < -0.3 is 11.1 Å². The van der Waals surface area contributed by atoms with E-state index in [4.69, 9.17) is 5.73 Å². The monoisotopic (exact) mass is 236 g/mol. The molecule has 0 amide bonds. The van der Waals surface area contributed by atoms with Gasteiger partial charge in [-0.1, -0.05) is 0 Å². The summed E-state index contributed by atoms with van der Waals surface area (Å²) in [4.78, 5) is 0. The summed E-state index contributed by atoms with van der Waals surface area (Å²) in [6.07, 6.45) is 7.23. The molecule has 0 aliphatic heterocycles. The smallest absolute Gasteiger partial charge is 0.147 e. The molecular formula is C13H24N4. The van der Waals surface area contributed by atoms with Crippen LogP contribution in [0.5, 0.6) is 0 Å². The van der Waals surface area contributed by atoms with E-state index in [2.05, 4.69) is 23.4 Å². The summed E-state index contributed by atoms with van der Waals surface area (Å²) in [6, 6.07) is 2.05. The molecular weight excluding hydrogens is 212 g/mol. The van der Waals surface area contributed by atoms with Crippen molar-refractivity contribution in [2.75, 3.05) is 18.4 Å². The highest BCUT2D eigenvalue weighted by molar-refractivity contribution is 5.32. The normalized spacial score (nSPS) is 24.8. The van der Waals surface area contributed by atoms with Gasteiger partial charge in [-0.15, -0.1) is 0 Å². The van der Waals surface area contributed by atoms with Crippen LogP contribution >= 0.6 is 0 Å². The number of aryl methyl sites for hydroxylation is 1. The highest BCUT2D eigenvalue weighted by Gasteiger charge is 2.19. The second-order valence-electron chi connectivity index (χ2n) is 5.06. The topological polar surface area (TPSA) is 55.9 Å². The minimum atomic E-state index is 0.769. The second kappa shape index (κ2) is 6.05. The molecule has 0 saturated heterocycles. The molecule has 0 spiro atoms. The standard InChI is InChI=1S/C13H24N4/c1-2-17-8-7-13(16-17)15-10-12-5-3-11(9-14)4-6-12/h7-8,11-12H,2-6,9-10,14H2,1H3,(H,15,16). The molecule has 17 heavy (non-hydrogen) atoms. The second-order valence-corrected chi connectivity index (χ2v) is 5.06. The molecule has 1 aliphatic rings. The lowest BCUT2D eigenvalue weighted by atomic mass is 9.82. The molecule has 4 nitrogen and oxygen atoms in total. The molecule has 0 aromatic carbocycles. The Morgan fingerprint density at radius 1 is 1.35 bits per heavy atom. The molecule has 1 aromatic rings. The van der Waals surface area contributed by atoms with Crippen LogP contribution in [0.1, 0.15) is 32.6 Å². The molecule has 1 saturated carbocycles. The Balaban J connectivity index is 1.72. The Morgan fingerprint density at radius 2 is 2.06 bits per heavy atom. The first-order valence-electron chi connectivity index (χ1n) is 6.79. The third-order valence-corrected chi connectivity index (χ3v) is 3.84. The quantitative estimate of drug-likeness (QED) is 0.823. The van der Waals surface area contributed by atoms with Crippen molar-refractivity contribution < 1.29 is 0 Å². The van der Waals surface area contributed by atoms with Crippen LogP contribution < -0.4 is 11.1 Å². The van der Waals surface area contributed by atoms with Gasteiger partial charge in [0.2, 0.25) is 0 Å². The molecule has 96 valence electrons. The third-order valence-electron chi connectivity index (χ3n) is 3.84. The van der Waals surface area contributed by atoms with E-state index < -0.39 is 0 Å². The van der Waals surface area contributed by atoms with Crippen LogP contribution in [0, 0.1) is 11.8 Å². The predicted molar refractivity (Wildman–Crippen MR) is 70.9 cm³/mol. The Bertz CT molecular complexity index is 326. The molecule has 3 N–H and O–H groups in total. The predicted octanol–water partition coefficient (Wildman–Crippen LogP) is 2.08. The molecule has 0 atom stereocenters. The van der Waals surface area contributed by atoms with E-state index in [0.717, 1.165) is 37.3 Å². The van der Waals surface area contributed by atoms with E-state index in [1.807, 2.05) is 10.9 Å². The van der Waals surface area contributed by atoms with E-state index in [0.29, 0.717) is 0 Å². The van der Waals surface area contributed by atoms with Crippen LogP contribution in [-0.2, 0) is 6.54 Å². The van der Waals surface area contributed by atoms with Gasteiger partial charge in [0.25, 0.3) is 0 Å². The minimum Gasteiger partial charge on any atom is -0.368 e. The number of nitrogens with one attached hydrogen (secondary N) is 1. The van der Waals surface area contributed by atoms with Crippen molar-refractivity contribution in [2.24, 2.45) is 17.6 Å². The number of hydrogen-bond donors (Lipinski definition) is 2. The highest BCUT2D eigenvalue weighted by Crippen LogP contribution is 2.28. The minimum absolute atomic E-state index is 0.769. The maximum Gasteiger partial charge on any atom is 0.147 e. The first kappa shape index (κ1) is 12.4. The average molecular weight is 236 g/mol. The SMILES string of the molecule is CCn1ccc(NCC2CCC(CN)CC2)n1. The maximum absolute atomic E-state index is 5.70. The molecule has 1 aromatic heterocycles. The zero-order valence-electron chi connectivity index (χ0n) is 10.7. The summed E-state index contributed by atoms with van der Waals surface area (Å²) in [7, 11) is 0. The fraction of sp³-hybridized carbons (Fsp3) is 0.769. The van der Waals surface area contributed by atoms with Crippen LogP contribution in [0.25, 0.3) is 0 Å². The van der Waals surface area contributed by atoms with Crippen molar-refractivity contribution in [1.82, 2.24) is 9.78 Å². The van der Waals surface area contributed by atoms with Gasteiger partial charge in [-0.2, -0.15) is 5.10 Å². The van der Waals surface area contributed by atoms with Crippen LogP contribution in [-0.4, -0.2) is 22.9 Å². The van der Waals surface area contributed by atoms with Crippen LogP contribution in [0.4, 0.5) is 5.82 Å². The van der Waals surface area contributed by atoms with Gasteiger partial charge in [-0.05, 0) is 51.0 Å². The zero-order chi connectivity index (χ0) is 12.1. The van der Waals surface area contributed by atoms with Gasteiger partial charge >= 0.3 is 0 Å². The third kappa shape index (κ3) is 3.46. The van der Waals surface area contributed by atoms with Gasteiger partial charge in [-0.3, -0.25) is 4.68 Å². The number of hydrogen-bond acceptors (Lipinski definition) is 3. The lowest BCUT2D eigenvalue weighted by Crippen LogP contribution is -2.25. The summed E-state index contributed by atoms with van der Waals surface area (Å²) in [5, 5.41) is 7.87. The Hall–Kier alpha value is -1.03. The molecule has 2 rings (SSSR count). The van der Waals surface area contributed by atoms with Gasteiger partial charge in [-0.25, -0.2) is 0 Å². The summed E-state index contributed by atoms with van der Waals surface area (Å²) in [6.45, 7) is 4.95. The van der Waals surface area contributed by atoms with E-state index in [1.165, 1.54) is 25.7 Å². The Kier molecular flexibility index (Phi) is 4.42. The van der Waals surface area contributed by atoms with Gasteiger partial charge in [0.05, 0.1) is 0 Å². The van der Waals surface area contributed by atoms with Crippen molar-refractivity contribution in [2.45, 2.75) is 39.2 Å². The molecule has 1 fully saturated rings. The molecule has 1 heterocycles. The molecule has 1 aliphatic carbocycles. The van der Waals surface area contributed by atoms with Crippen molar-refractivity contribution in [3.05, 3.63) is 12.3 Å². The lowest BCUT2D eigenvalue weighted by Gasteiger charge is -2.27. The molecule has 0 bridgehead atoms. The van der Waals surface area contributed by atoms with E-state index >= 15 is 0 Å². The van der Waals surface area contributed by atoms with Gasteiger partial charge in [0, 0.05) is 25.4 Å². The largest absolute Gasteiger partial charge is 0.368 e. The van der Waals surface area contributed by atoms with Crippen molar-refractivity contribution >= 4 is 5.82 Å². The number of aromatic nitrogens is 2. The number of anilines is 1. The zero-order valence-corrected chi connectivity index (χ0v) is 10.7. The molecule has 4 heteroatoms. The number of nitrogens with zero attached hydrogens (tertiary/aromatic N) is 2. The Morgan fingerprint density at radius 3 is 2.65 bits per heavy atom. The highest BCUT2D eigenvalue weighted by atomic mass is 15.3. The number of nitrogens with two attached hydrogens (primary N) is 1. The number of rotatable bonds is 5. The fourth-order valence-electron chi connectivity index (χ4n) is 2.55. The average Bonchev–Trinajstić information content (AvgIpc) is 2.85. The maximum atomic E-state index is 5.70. The van der Waals surface area contributed by atoms with Crippen molar-refractivity contribution in [1.29, 1.82) is 0 Å². The summed E-state index contributed by atoms with van der Waals surface area (Å²) < 4.78 is 1.95. The first-order valence-corrected chi connectivity index (χ1v) is 6.79. The van der Waals surface area contributed by atoms with E-state index in [-0.39, 0.29) is 0 Å². The Labute approximate surface area is 104 Å². The molecule has 0 radical (unpaired) electrons. The van der Waals surface area contributed by atoms with Crippen molar-refractivity contribution in [3.63, 3.8) is 0 Å². The van der Waals surface area contributed by atoms with E-state index in [1.54, 1.807) is 0 Å². The lowest BCUT2D eigenvalue weighted by molar-refractivity contribution is 0.289. The van der Waals surface area contributed by atoms with Crippen molar-refractivity contribution in [3.8, 4) is 0 Å². The first-order chi connectivity index (χ1) is 8.31. The van der Waals surface area contributed by atoms with Crippen LogP contribution in [0.3, 0.4) is 0 Å². The van der Waals surface area contributed by atoms with E-state index in [9.17, 15) is 0 Å². The summed E-state index contributed by atoms with van der Waals surface area (Å²) in [5.41, 5.74) is 5.70. The van der Waals surface area contributed by atoms with Gasteiger partial charge in [0.15, 0.2) is 0 Å². The van der Waals surface area contributed by atoms with Gasteiger partial charge in [0.1, 0.15) is 5.82 Å². The fourth-order valence-corrected chi connectivity index (χ4v) is 2.55. The van der Waals surface area contributed by atoms with Crippen LogP contribution in [0.2, 0.25) is 0 Å². The summed E-state index contributed by atoms with van der Waals surface area (Å²) in [5.74, 6) is 2.57. The molecule has 0 unspecified atom stereocenters. The van der Waals surface area contributed by atoms with Crippen LogP contribution in [0.15, 0.2) is 12.3 Å². The summed E-state index contributed by atoms with van der Waals surface area (Å²) >= 11 is 0.